The summed E-state index contributed by atoms with van der Waals surface area (Å²) < 4.78 is 5.48. The summed E-state index contributed by atoms with van der Waals surface area (Å²) in [7, 11) is 0. The molecule has 0 spiro atoms. The summed E-state index contributed by atoms with van der Waals surface area (Å²) in [5.74, 6) is 0.797. The largest absolute Gasteiger partial charge is 0.441 e. The number of rotatable bonds is 4. The second-order valence-corrected chi connectivity index (χ2v) is 4.73. The maximum Gasteiger partial charge on any atom is 0.222 e. The van der Waals surface area contributed by atoms with Gasteiger partial charge in [-0.15, -0.1) is 0 Å². The maximum atomic E-state index is 11.4. The molecule has 1 amide bonds. The van der Waals surface area contributed by atoms with Gasteiger partial charge in [0.2, 0.25) is 5.91 Å². The number of amides is 1. The van der Waals surface area contributed by atoms with Crippen LogP contribution in [0.3, 0.4) is 0 Å². The Morgan fingerprint density at radius 1 is 1.44 bits per heavy atom. The molecule has 0 aliphatic rings. The minimum Gasteiger partial charge on any atom is -0.441 e. The van der Waals surface area contributed by atoms with Crippen LogP contribution >= 0.6 is 0 Å². The highest BCUT2D eigenvalue weighted by atomic mass is 16.3. The summed E-state index contributed by atoms with van der Waals surface area (Å²) in [5.41, 5.74) is 2.82. The number of nitrogens with one attached hydrogen (secondary N) is 1. The topological polar surface area (TPSA) is 55.1 Å². The van der Waals surface area contributed by atoms with Crippen LogP contribution in [-0.2, 0) is 11.2 Å². The van der Waals surface area contributed by atoms with Crippen molar-refractivity contribution in [3.05, 3.63) is 29.7 Å². The number of hydrogen-bond donors (Lipinski definition) is 1. The van der Waals surface area contributed by atoms with Gasteiger partial charge in [-0.3, -0.25) is 4.79 Å². The van der Waals surface area contributed by atoms with Crippen molar-refractivity contribution in [2.45, 2.75) is 27.2 Å². The third kappa shape index (κ3) is 2.88. The summed E-state index contributed by atoms with van der Waals surface area (Å²) in [4.78, 5) is 15.7. The Kier molecular flexibility index (Phi) is 3.65. The molecule has 4 heteroatoms. The van der Waals surface area contributed by atoms with E-state index < -0.39 is 0 Å². The molecule has 18 heavy (non-hydrogen) atoms. The summed E-state index contributed by atoms with van der Waals surface area (Å²) in [6.45, 7) is 6.26. The maximum absolute atomic E-state index is 11.4. The monoisotopic (exact) mass is 246 g/mol. The molecule has 0 bridgehead atoms. The Bertz CT molecular complexity index is 558. The zero-order valence-electron chi connectivity index (χ0n) is 11.0. The third-order valence-electron chi connectivity index (χ3n) is 2.80. The van der Waals surface area contributed by atoms with Crippen molar-refractivity contribution in [3.63, 3.8) is 0 Å². The molecule has 1 N–H and O–H groups in total. The lowest BCUT2D eigenvalue weighted by Crippen LogP contribution is -2.29. The van der Waals surface area contributed by atoms with Crippen molar-refractivity contribution in [2.24, 2.45) is 5.92 Å². The highest BCUT2D eigenvalue weighted by Gasteiger charge is 2.06. The highest BCUT2D eigenvalue weighted by Crippen LogP contribution is 2.16. The molecule has 1 aromatic carbocycles. The van der Waals surface area contributed by atoms with Crippen molar-refractivity contribution >= 4 is 17.0 Å². The minimum atomic E-state index is 0.0319. The Morgan fingerprint density at radius 3 is 2.94 bits per heavy atom. The number of oxazole rings is 1. The molecule has 1 aromatic heterocycles. The summed E-state index contributed by atoms with van der Waals surface area (Å²) in [5, 5.41) is 2.90. The van der Waals surface area contributed by atoms with Gasteiger partial charge in [-0.1, -0.05) is 19.9 Å². The molecule has 2 rings (SSSR count). The zero-order valence-corrected chi connectivity index (χ0v) is 11.0. The van der Waals surface area contributed by atoms with Gasteiger partial charge in [0.25, 0.3) is 0 Å². The van der Waals surface area contributed by atoms with Crippen LogP contribution in [0.4, 0.5) is 0 Å². The van der Waals surface area contributed by atoms with Crippen molar-refractivity contribution in [1.29, 1.82) is 0 Å². The second-order valence-electron chi connectivity index (χ2n) is 4.73. The van der Waals surface area contributed by atoms with Gasteiger partial charge < -0.3 is 9.73 Å². The second kappa shape index (κ2) is 5.21. The normalized spacial score (nSPS) is 11.1. The van der Waals surface area contributed by atoms with E-state index >= 15 is 0 Å². The molecule has 2 aromatic rings. The fourth-order valence-corrected chi connectivity index (χ4v) is 1.77. The molecule has 4 nitrogen and oxygen atoms in total. The van der Waals surface area contributed by atoms with Crippen LogP contribution in [0, 0.1) is 12.8 Å². The molecular weight excluding hydrogens is 228 g/mol. The van der Waals surface area contributed by atoms with Crippen molar-refractivity contribution in [2.75, 3.05) is 6.54 Å². The van der Waals surface area contributed by atoms with Crippen LogP contribution in [0.1, 0.15) is 25.3 Å². The number of aromatic nitrogens is 1. The zero-order chi connectivity index (χ0) is 13.1. The first-order valence-corrected chi connectivity index (χ1v) is 6.20. The highest BCUT2D eigenvalue weighted by molar-refractivity contribution is 5.77. The lowest BCUT2D eigenvalue weighted by Gasteiger charge is -2.07. The van der Waals surface area contributed by atoms with E-state index in [0.717, 1.165) is 23.1 Å². The van der Waals surface area contributed by atoms with Gasteiger partial charge in [-0.2, -0.15) is 0 Å². The van der Waals surface area contributed by atoms with E-state index in [0.29, 0.717) is 12.4 Å². The predicted octanol–water partition coefficient (Wildman–Crippen LogP) is 2.45. The van der Waals surface area contributed by atoms with Crippen LogP contribution in [0.25, 0.3) is 11.1 Å². The number of carbonyl (C=O) groups excluding carboxylic acids is 1. The van der Waals surface area contributed by atoms with E-state index in [1.807, 2.05) is 39.0 Å². The Morgan fingerprint density at radius 2 is 2.22 bits per heavy atom. The quantitative estimate of drug-likeness (QED) is 0.901. The number of hydrogen-bond acceptors (Lipinski definition) is 3. The number of fused-ring (bicyclic) bond motifs is 1. The van der Waals surface area contributed by atoms with Gasteiger partial charge in [0.05, 0.1) is 0 Å². The molecule has 0 aliphatic carbocycles. The Hall–Kier alpha value is -1.84. The molecule has 0 aliphatic heterocycles. The van der Waals surface area contributed by atoms with Gasteiger partial charge in [0.15, 0.2) is 11.5 Å². The van der Waals surface area contributed by atoms with Crippen LogP contribution in [0.5, 0.6) is 0 Å². The third-order valence-corrected chi connectivity index (χ3v) is 2.80. The van der Waals surface area contributed by atoms with E-state index in [1.165, 1.54) is 0 Å². The van der Waals surface area contributed by atoms with Crippen molar-refractivity contribution in [1.82, 2.24) is 10.3 Å². The number of aryl methyl sites for hydroxylation is 1. The van der Waals surface area contributed by atoms with Crippen LogP contribution in [0.2, 0.25) is 0 Å². The average molecular weight is 246 g/mol. The van der Waals surface area contributed by atoms with Crippen LogP contribution in [0.15, 0.2) is 22.6 Å². The molecule has 0 radical (unpaired) electrons. The first-order chi connectivity index (χ1) is 8.56. The first kappa shape index (κ1) is 12.6. The van der Waals surface area contributed by atoms with E-state index in [1.54, 1.807) is 0 Å². The molecule has 0 saturated heterocycles. The van der Waals surface area contributed by atoms with Crippen LogP contribution in [-0.4, -0.2) is 17.4 Å². The smallest absolute Gasteiger partial charge is 0.222 e. The van der Waals surface area contributed by atoms with Crippen molar-refractivity contribution in [3.8, 4) is 0 Å². The molecule has 96 valence electrons. The van der Waals surface area contributed by atoms with E-state index in [9.17, 15) is 4.79 Å². The number of benzene rings is 1. The van der Waals surface area contributed by atoms with Gasteiger partial charge >= 0.3 is 0 Å². The van der Waals surface area contributed by atoms with E-state index in [-0.39, 0.29) is 11.8 Å². The summed E-state index contributed by atoms with van der Waals surface area (Å²) in [6, 6.07) is 5.95. The Labute approximate surface area is 106 Å². The lowest BCUT2D eigenvalue weighted by atomic mass is 10.1. The SMILES string of the molecule is Cc1nc2ccc(CCNC(=O)C(C)C)cc2o1. The standard InChI is InChI=1S/C14H18N2O2/c1-9(2)14(17)15-7-6-11-4-5-12-13(8-11)18-10(3)16-12/h4-5,8-9H,6-7H2,1-3H3,(H,15,17). The fraction of sp³-hybridized carbons (Fsp3) is 0.429. The first-order valence-electron chi connectivity index (χ1n) is 6.20. The molecule has 0 saturated carbocycles. The van der Waals surface area contributed by atoms with Gasteiger partial charge in [-0.05, 0) is 24.1 Å². The van der Waals surface area contributed by atoms with Gasteiger partial charge in [0, 0.05) is 19.4 Å². The fourth-order valence-electron chi connectivity index (χ4n) is 1.77. The minimum absolute atomic E-state index is 0.0319. The molecule has 0 unspecified atom stereocenters. The van der Waals surface area contributed by atoms with Crippen LogP contribution < -0.4 is 5.32 Å². The summed E-state index contributed by atoms with van der Waals surface area (Å²) in [6.07, 6.45) is 0.800. The molecule has 1 heterocycles. The Balaban J connectivity index is 1.97. The van der Waals surface area contributed by atoms with E-state index in [4.69, 9.17) is 4.42 Å². The van der Waals surface area contributed by atoms with E-state index in [2.05, 4.69) is 10.3 Å². The number of nitrogens with zero attached hydrogens (tertiary/aromatic N) is 1. The summed E-state index contributed by atoms with van der Waals surface area (Å²) >= 11 is 0. The number of carbonyl (C=O) groups is 1. The molecule has 0 atom stereocenters. The lowest BCUT2D eigenvalue weighted by molar-refractivity contribution is -0.123. The van der Waals surface area contributed by atoms with Gasteiger partial charge in [0.1, 0.15) is 5.52 Å². The average Bonchev–Trinajstić information content (AvgIpc) is 2.68. The predicted molar refractivity (Wildman–Crippen MR) is 70.3 cm³/mol. The molecule has 0 fully saturated rings. The molecular formula is C14H18N2O2. The van der Waals surface area contributed by atoms with Crippen molar-refractivity contribution < 1.29 is 9.21 Å². The van der Waals surface area contributed by atoms with Gasteiger partial charge in [-0.25, -0.2) is 4.98 Å².